The molecule has 0 atom stereocenters. The number of nitrogens with one attached hydrogen (secondary N) is 1. The molecule has 3 aromatic carbocycles. The Bertz CT molecular complexity index is 1380. The van der Waals surface area contributed by atoms with Crippen LogP contribution in [0.2, 0.25) is 0 Å². The molecule has 0 amide bonds. The molecule has 0 fully saturated rings. The molecule has 0 radical (unpaired) electrons. The standard InChI is InChI=1S/C27H27BrN4O3/c1-31(2)15-17-4-9-20(10-5-17)29-26(18-6-11-21(12-7-18)32(3)16-24(33)34)25-22-13-8-19(28)14-23(22)30-27(25)35/h4-14,30,35H,15-16H2,1-3H3,(H,33,34). The minimum atomic E-state index is -0.897. The van der Waals surface area contributed by atoms with Gasteiger partial charge in [0.2, 0.25) is 0 Å². The molecule has 180 valence electrons. The number of carboxylic acids is 1. The van der Waals surface area contributed by atoms with Gasteiger partial charge >= 0.3 is 5.97 Å². The molecule has 3 N–H and O–H groups in total. The Labute approximate surface area is 212 Å². The van der Waals surface area contributed by atoms with Crippen LogP contribution in [0, 0.1) is 0 Å². The fraction of sp³-hybridized carbons (Fsp3) is 0.185. The Morgan fingerprint density at radius 2 is 1.69 bits per heavy atom. The number of nitrogens with zero attached hydrogens (tertiary/aromatic N) is 3. The molecule has 7 nitrogen and oxygen atoms in total. The zero-order chi connectivity index (χ0) is 25.1. The highest BCUT2D eigenvalue weighted by molar-refractivity contribution is 9.10. The number of aromatic hydroxyl groups is 1. The van der Waals surface area contributed by atoms with E-state index in [-0.39, 0.29) is 12.4 Å². The SMILES string of the molecule is CN(C)Cc1ccc(N=C(c2ccc(N(C)CC(=O)O)cc2)c2c(O)[nH]c3cc(Br)ccc23)cc1. The maximum absolute atomic E-state index is 11.1. The number of aliphatic imine (C=N–C) groups is 1. The predicted octanol–water partition coefficient (Wildman–Crippen LogP) is 5.39. The molecule has 0 aliphatic carbocycles. The molecule has 4 aromatic rings. The summed E-state index contributed by atoms with van der Waals surface area (Å²) in [6.07, 6.45) is 0. The number of carbonyl (C=O) groups is 1. The summed E-state index contributed by atoms with van der Waals surface area (Å²) >= 11 is 3.48. The highest BCUT2D eigenvalue weighted by Crippen LogP contribution is 2.33. The van der Waals surface area contributed by atoms with Crippen LogP contribution in [-0.2, 0) is 11.3 Å². The molecule has 0 spiro atoms. The number of anilines is 1. The van der Waals surface area contributed by atoms with Crippen LogP contribution < -0.4 is 4.90 Å². The number of carboxylic acid groups (broad SMARTS) is 1. The van der Waals surface area contributed by atoms with Gasteiger partial charge in [-0.05, 0) is 56.1 Å². The van der Waals surface area contributed by atoms with E-state index in [1.165, 1.54) is 5.56 Å². The van der Waals surface area contributed by atoms with Crippen molar-refractivity contribution in [3.05, 3.63) is 87.9 Å². The van der Waals surface area contributed by atoms with Crippen LogP contribution in [0.4, 0.5) is 11.4 Å². The molecular weight excluding hydrogens is 508 g/mol. The molecule has 0 bridgehead atoms. The third kappa shape index (κ3) is 5.72. The third-order valence-electron chi connectivity index (χ3n) is 5.61. The number of hydrogen-bond donors (Lipinski definition) is 3. The average Bonchev–Trinajstić information content (AvgIpc) is 3.12. The summed E-state index contributed by atoms with van der Waals surface area (Å²) in [4.78, 5) is 22.9. The lowest BCUT2D eigenvalue weighted by molar-refractivity contribution is -0.135. The van der Waals surface area contributed by atoms with E-state index in [9.17, 15) is 9.90 Å². The minimum Gasteiger partial charge on any atom is -0.494 e. The second-order valence-corrected chi connectivity index (χ2v) is 9.62. The van der Waals surface area contributed by atoms with Crippen LogP contribution in [0.5, 0.6) is 5.88 Å². The van der Waals surface area contributed by atoms with Gasteiger partial charge in [0.25, 0.3) is 0 Å². The summed E-state index contributed by atoms with van der Waals surface area (Å²) in [6.45, 7) is 0.734. The van der Waals surface area contributed by atoms with E-state index >= 15 is 0 Å². The zero-order valence-corrected chi connectivity index (χ0v) is 21.4. The number of rotatable bonds is 8. The van der Waals surface area contributed by atoms with E-state index < -0.39 is 5.97 Å². The van der Waals surface area contributed by atoms with Crippen molar-refractivity contribution >= 4 is 49.9 Å². The lowest BCUT2D eigenvalue weighted by Gasteiger charge is -2.17. The van der Waals surface area contributed by atoms with Gasteiger partial charge in [0.1, 0.15) is 6.54 Å². The van der Waals surface area contributed by atoms with E-state index in [2.05, 4.69) is 25.8 Å². The minimum absolute atomic E-state index is 0.0353. The number of aliphatic carboxylic acids is 1. The second-order valence-electron chi connectivity index (χ2n) is 8.70. The van der Waals surface area contributed by atoms with Gasteiger partial charge < -0.3 is 25.0 Å². The van der Waals surface area contributed by atoms with Crippen molar-refractivity contribution in [1.29, 1.82) is 0 Å². The monoisotopic (exact) mass is 534 g/mol. The highest BCUT2D eigenvalue weighted by atomic mass is 79.9. The fourth-order valence-corrected chi connectivity index (χ4v) is 4.36. The van der Waals surface area contributed by atoms with Gasteiger partial charge in [-0.25, -0.2) is 4.99 Å². The van der Waals surface area contributed by atoms with Gasteiger partial charge in [-0.15, -0.1) is 0 Å². The number of H-pyrrole nitrogens is 1. The number of hydrogen-bond acceptors (Lipinski definition) is 5. The van der Waals surface area contributed by atoms with E-state index in [4.69, 9.17) is 10.1 Å². The summed E-state index contributed by atoms with van der Waals surface area (Å²) in [7, 11) is 5.79. The van der Waals surface area contributed by atoms with Gasteiger partial charge in [-0.2, -0.15) is 0 Å². The first-order valence-electron chi connectivity index (χ1n) is 11.1. The molecule has 1 aromatic heterocycles. The van der Waals surface area contributed by atoms with Crippen molar-refractivity contribution < 1.29 is 15.0 Å². The van der Waals surface area contributed by atoms with E-state index in [1.807, 2.05) is 80.8 Å². The predicted molar refractivity (Wildman–Crippen MR) is 144 cm³/mol. The van der Waals surface area contributed by atoms with E-state index in [0.29, 0.717) is 11.3 Å². The van der Waals surface area contributed by atoms with Crippen molar-refractivity contribution in [2.24, 2.45) is 4.99 Å². The van der Waals surface area contributed by atoms with Crippen molar-refractivity contribution in [3.8, 4) is 5.88 Å². The smallest absolute Gasteiger partial charge is 0.323 e. The molecule has 35 heavy (non-hydrogen) atoms. The fourth-order valence-electron chi connectivity index (χ4n) is 4.00. The lowest BCUT2D eigenvalue weighted by Crippen LogP contribution is -2.25. The maximum Gasteiger partial charge on any atom is 0.323 e. The van der Waals surface area contributed by atoms with E-state index in [0.717, 1.165) is 38.9 Å². The summed E-state index contributed by atoms with van der Waals surface area (Å²) in [5, 5.41) is 20.8. The quantitative estimate of drug-likeness (QED) is 0.263. The van der Waals surface area contributed by atoms with Gasteiger partial charge in [0, 0.05) is 34.7 Å². The highest BCUT2D eigenvalue weighted by Gasteiger charge is 2.19. The summed E-state index contributed by atoms with van der Waals surface area (Å²) in [5.74, 6) is -0.862. The first-order valence-corrected chi connectivity index (χ1v) is 11.9. The van der Waals surface area contributed by atoms with Crippen molar-refractivity contribution in [2.45, 2.75) is 6.54 Å². The molecule has 0 unspecified atom stereocenters. The average molecular weight is 535 g/mol. The molecule has 8 heteroatoms. The molecule has 1 heterocycles. The van der Waals surface area contributed by atoms with Gasteiger partial charge in [-0.1, -0.05) is 46.3 Å². The first-order chi connectivity index (χ1) is 16.7. The number of benzene rings is 3. The third-order valence-corrected chi connectivity index (χ3v) is 6.10. The van der Waals surface area contributed by atoms with Crippen molar-refractivity contribution in [1.82, 2.24) is 9.88 Å². The molecule has 0 saturated carbocycles. The lowest BCUT2D eigenvalue weighted by atomic mass is 10.00. The Morgan fingerprint density at radius 3 is 2.31 bits per heavy atom. The number of aromatic amines is 1. The Balaban J connectivity index is 1.81. The maximum atomic E-state index is 11.1. The van der Waals surface area contributed by atoms with Crippen LogP contribution in [0.1, 0.15) is 16.7 Å². The van der Waals surface area contributed by atoms with Crippen LogP contribution in [0.3, 0.4) is 0 Å². The number of likely N-dealkylation sites (N-methyl/N-ethyl adjacent to an activating group) is 1. The zero-order valence-electron chi connectivity index (χ0n) is 19.8. The van der Waals surface area contributed by atoms with Gasteiger partial charge in [-0.3, -0.25) is 4.79 Å². The van der Waals surface area contributed by atoms with Crippen molar-refractivity contribution in [2.75, 3.05) is 32.6 Å². The summed E-state index contributed by atoms with van der Waals surface area (Å²) in [6, 6.07) is 21.3. The number of fused-ring (bicyclic) bond motifs is 1. The topological polar surface area (TPSA) is 92.2 Å². The molecule has 0 aliphatic heterocycles. The number of aromatic nitrogens is 1. The van der Waals surface area contributed by atoms with Crippen LogP contribution in [0.25, 0.3) is 10.9 Å². The molecule has 0 aliphatic rings. The van der Waals surface area contributed by atoms with Gasteiger partial charge in [0.15, 0.2) is 5.88 Å². The summed E-state index contributed by atoms with van der Waals surface area (Å²) in [5.41, 5.74) is 5.53. The largest absolute Gasteiger partial charge is 0.494 e. The Hall–Kier alpha value is -3.62. The summed E-state index contributed by atoms with van der Waals surface area (Å²) < 4.78 is 0.901. The normalized spacial score (nSPS) is 11.9. The van der Waals surface area contributed by atoms with E-state index in [1.54, 1.807) is 11.9 Å². The Kier molecular flexibility index (Phi) is 7.23. The number of halogens is 1. The Morgan fingerprint density at radius 1 is 1.00 bits per heavy atom. The molecule has 4 rings (SSSR count). The van der Waals surface area contributed by atoms with Gasteiger partial charge in [0.05, 0.1) is 22.5 Å². The van der Waals surface area contributed by atoms with Crippen molar-refractivity contribution in [3.63, 3.8) is 0 Å². The molecule has 0 saturated heterocycles. The first kappa shape index (κ1) is 24.5. The second kappa shape index (κ2) is 10.3. The van der Waals surface area contributed by atoms with Crippen LogP contribution in [0.15, 0.2) is 76.2 Å². The van der Waals surface area contributed by atoms with Crippen LogP contribution >= 0.6 is 15.9 Å². The van der Waals surface area contributed by atoms with Crippen LogP contribution in [-0.4, -0.2) is 59.5 Å². The molecular formula is C27H27BrN4O3.